The summed E-state index contributed by atoms with van der Waals surface area (Å²) < 4.78 is 0. The number of hydrogen-bond donors (Lipinski definition) is 0. The van der Waals surface area contributed by atoms with Gasteiger partial charge in [-0.05, 0) is 24.0 Å². The SMILES string of the molecule is CCc1cnc(N2CCN(C(=O)N3CCN(c4ncc(CC)cn4)CC3)CC2)nc1. The summed E-state index contributed by atoms with van der Waals surface area (Å²) >= 11 is 0. The van der Waals surface area contributed by atoms with Crippen LogP contribution >= 0.6 is 0 Å². The molecule has 0 saturated carbocycles. The van der Waals surface area contributed by atoms with E-state index < -0.39 is 0 Å². The van der Waals surface area contributed by atoms with Crippen molar-refractivity contribution in [2.24, 2.45) is 0 Å². The molecule has 0 aliphatic carbocycles. The van der Waals surface area contributed by atoms with E-state index in [0.29, 0.717) is 26.2 Å². The molecule has 9 nitrogen and oxygen atoms in total. The van der Waals surface area contributed by atoms with Crippen LogP contribution < -0.4 is 9.80 Å². The highest BCUT2D eigenvalue weighted by atomic mass is 16.2. The van der Waals surface area contributed by atoms with Crippen molar-refractivity contribution in [3.63, 3.8) is 0 Å². The van der Waals surface area contributed by atoms with Gasteiger partial charge < -0.3 is 19.6 Å². The lowest BCUT2D eigenvalue weighted by Gasteiger charge is -2.40. The monoisotopic (exact) mass is 410 g/mol. The van der Waals surface area contributed by atoms with Gasteiger partial charge in [0.05, 0.1) is 0 Å². The van der Waals surface area contributed by atoms with Gasteiger partial charge in [0.25, 0.3) is 0 Å². The number of urea groups is 1. The van der Waals surface area contributed by atoms with E-state index >= 15 is 0 Å². The molecule has 2 fully saturated rings. The van der Waals surface area contributed by atoms with Gasteiger partial charge in [0.15, 0.2) is 0 Å². The molecule has 0 radical (unpaired) electrons. The van der Waals surface area contributed by atoms with E-state index in [1.807, 2.05) is 34.6 Å². The summed E-state index contributed by atoms with van der Waals surface area (Å²) in [6, 6.07) is 0.124. The summed E-state index contributed by atoms with van der Waals surface area (Å²) in [6.45, 7) is 10.0. The number of carbonyl (C=O) groups is 1. The molecule has 2 saturated heterocycles. The molecular weight excluding hydrogens is 380 g/mol. The summed E-state index contributed by atoms with van der Waals surface area (Å²) in [5.41, 5.74) is 2.27. The Balaban J connectivity index is 1.26. The second kappa shape index (κ2) is 9.23. The first-order valence-electron chi connectivity index (χ1n) is 10.8. The smallest absolute Gasteiger partial charge is 0.320 e. The van der Waals surface area contributed by atoms with Gasteiger partial charge >= 0.3 is 6.03 Å². The number of aromatic nitrogens is 4. The van der Waals surface area contributed by atoms with Crippen LogP contribution in [0.25, 0.3) is 0 Å². The molecule has 2 amide bonds. The first-order valence-corrected chi connectivity index (χ1v) is 10.8. The van der Waals surface area contributed by atoms with Gasteiger partial charge in [-0.15, -0.1) is 0 Å². The van der Waals surface area contributed by atoms with Crippen LogP contribution in [0, 0.1) is 0 Å². The number of anilines is 2. The van der Waals surface area contributed by atoms with Gasteiger partial charge in [-0.25, -0.2) is 24.7 Å². The predicted octanol–water partition coefficient (Wildman–Crippen LogP) is 1.46. The third kappa shape index (κ3) is 4.44. The Morgan fingerprint density at radius 2 is 1.00 bits per heavy atom. The van der Waals surface area contributed by atoms with Crippen molar-refractivity contribution >= 4 is 17.9 Å². The molecule has 9 heteroatoms. The average Bonchev–Trinajstić information content (AvgIpc) is 2.84. The minimum absolute atomic E-state index is 0.124. The third-order valence-electron chi connectivity index (χ3n) is 5.87. The highest BCUT2D eigenvalue weighted by Gasteiger charge is 2.29. The maximum absolute atomic E-state index is 13.0. The van der Waals surface area contributed by atoms with Crippen LogP contribution in [0.2, 0.25) is 0 Å². The molecule has 0 spiro atoms. The van der Waals surface area contributed by atoms with Crippen molar-refractivity contribution in [1.29, 1.82) is 0 Å². The van der Waals surface area contributed by atoms with Crippen LogP contribution in [0.5, 0.6) is 0 Å². The van der Waals surface area contributed by atoms with Gasteiger partial charge in [0.1, 0.15) is 0 Å². The van der Waals surface area contributed by atoms with Crippen molar-refractivity contribution in [2.45, 2.75) is 26.7 Å². The zero-order chi connectivity index (χ0) is 20.9. The topological polar surface area (TPSA) is 81.6 Å². The Morgan fingerprint density at radius 1 is 0.667 bits per heavy atom. The Labute approximate surface area is 177 Å². The van der Waals surface area contributed by atoms with Gasteiger partial charge in [-0.3, -0.25) is 0 Å². The lowest BCUT2D eigenvalue weighted by atomic mass is 10.3. The number of carbonyl (C=O) groups excluding carboxylic acids is 1. The number of piperazine rings is 2. The average molecular weight is 411 g/mol. The molecule has 0 bridgehead atoms. The molecule has 0 N–H and O–H groups in total. The summed E-state index contributed by atoms with van der Waals surface area (Å²) in [4.78, 5) is 39.0. The van der Waals surface area contributed by atoms with Crippen LogP contribution in [0.3, 0.4) is 0 Å². The molecule has 2 aromatic heterocycles. The van der Waals surface area contributed by atoms with Crippen molar-refractivity contribution < 1.29 is 4.79 Å². The zero-order valence-electron chi connectivity index (χ0n) is 17.9. The van der Waals surface area contributed by atoms with Crippen molar-refractivity contribution in [3.05, 3.63) is 35.9 Å². The van der Waals surface area contributed by atoms with Gasteiger partial charge in [-0.1, -0.05) is 13.8 Å². The molecule has 0 aromatic carbocycles. The largest absolute Gasteiger partial charge is 0.337 e. The Kier molecular flexibility index (Phi) is 6.25. The van der Waals surface area contributed by atoms with Crippen LogP contribution in [-0.2, 0) is 12.8 Å². The molecule has 2 aliphatic heterocycles. The highest BCUT2D eigenvalue weighted by Crippen LogP contribution is 2.15. The molecule has 0 atom stereocenters. The van der Waals surface area contributed by atoms with E-state index in [1.54, 1.807) is 0 Å². The number of aryl methyl sites for hydroxylation is 2. The highest BCUT2D eigenvalue weighted by molar-refractivity contribution is 5.75. The fraction of sp³-hybridized carbons (Fsp3) is 0.571. The normalized spacial score (nSPS) is 17.4. The van der Waals surface area contributed by atoms with E-state index in [0.717, 1.165) is 62.0 Å². The van der Waals surface area contributed by atoms with E-state index in [4.69, 9.17) is 0 Å². The summed E-state index contributed by atoms with van der Waals surface area (Å²) in [5, 5.41) is 0. The van der Waals surface area contributed by atoms with Crippen LogP contribution in [0.15, 0.2) is 24.8 Å². The molecule has 4 rings (SSSR count). The van der Waals surface area contributed by atoms with Crippen molar-refractivity contribution in [1.82, 2.24) is 29.7 Å². The molecule has 160 valence electrons. The van der Waals surface area contributed by atoms with Crippen LogP contribution in [0.1, 0.15) is 25.0 Å². The molecule has 2 aliphatic rings. The number of hydrogen-bond acceptors (Lipinski definition) is 7. The predicted molar refractivity (Wildman–Crippen MR) is 116 cm³/mol. The van der Waals surface area contributed by atoms with E-state index in [2.05, 4.69) is 43.6 Å². The maximum atomic E-state index is 13.0. The molecule has 4 heterocycles. The Morgan fingerprint density at radius 3 is 1.30 bits per heavy atom. The molecule has 2 aromatic rings. The maximum Gasteiger partial charge on any atom is 0.320 e. The number of rotatable bonds is 4. The zero-order valence-corrected chi connectivity index (χ0v) is 17.9. The summed E-state index contributed by atoms with van der Waals surface area (Å²) in [6.07, 6.45) is 9.42. The van der Waals surface area contributed by atoms with E-state index in [-0.39, 0.29) is 6.03 Å². The van der Waals surface area contributed by atoms with E-state index in [9.17, 15) is 4.79 Å². The van der Waals surface area contributed by atoms with Crippen LogP contribution in [-0.4, -0.2) is 88.1 Å². The molecular formula is C21H30N8O. The second-order valence-corrected chi connectivity index (χ2v) is 7.72. The number of amides is 2. The Hall–Kier alpha value is -2.97. The summed E-state index contributed by atoms with van der Waals surface area (Å²) in [5.74, 6) is 1.50. The van der Waals surface area contributed by atoms with Gasteiger partial charge in [0, 0.05) is 77.1 Å². The van der Waals surface area contributed by atoms with Crippen LogP contribution in [0.4, 0.5) is 16.7 Å². The second-order valence-electron chi connectivity index (χ2n) is 7.72. The fourth-order valence-corrected chi connectivity index (χ4v) is 3.78. The first-order chi connectivity index (χ1) is 14.7. The first kappa shape index (κ1) is 20.3. The fourth-order valence-electron chi connectivity index (χ4n) is 3.78. The summed E-state index contributed by atoms with van der Waals surface area (Å²) in [7, 11) is 0. The third-order valence-corrected chi connectivity index (χ3v) is 5.87. The van der Waals surface area contributed by atoms with Crippen molar-refractivity contribution in [2.75, 3.05) is 62.2 Å². The van der Waals surface area contributed by atoms with Gasteiger partial charge in [0.2, 0.25) is 11.9 Å². The lowest BCUT2D eigenvalue weighted by molar-refractivity contribution is 0.147. The quantitative estimate of drug-likeness (QED) is 0.755. The minimum Gasteiger partial charge on any atom is -0.337 e. The van der Waals surface area contributed by atoms with E-state index in [1.165, 1.54) is 0 Å². The standard InChI is InChI=1S/C21H30N8O/c1-3-17-13-22-19(23-14-17)26-5-9-28(10-6-26)21(30)29-11-7-27(8-12-29)20-24-15-18(4-2)16-25-20/h13-16H,3-12H2,1-2H3. The molecule has 30 heavy (non-hydrogen) atoms. The minimum atomic E-state index is 0.124. The lowest BCUT2D eigenvalue weighted by Crippen LogP contribution is -2.57. The van der Waals surface area contributed by atoms with Gasteiger partial charge in [-0.2, -0.15) is 0 Å². The number of nitrogens with zero attached hydrogens (tertiary/aromatic N) is 8. The molecule has 0 unspecified atom stereocenters. The van der Waals surface area contributed by atoms with Crippen molar-refractivity contribution in [3.8, 4) is 0 Å². The Bertz CT molecular complexity index is 756.